The van der Waals surface area contributed by atoms with Crippen LogP contribution in [0, 0.1) is 6.92 Å². The molecule has 1 N–H and O–H groups in total. The van der Waals surface area contributed by atoms with Crippen LogP contribution in [0.1, 0.15) is 36.8 Å². The Labute approximate surface area is 170 Å². The average Bonchev–Trinajstić information content (AvgIpc) is 2.72. The summed E-state index contributed by atoms with van der Waals surface area (Å²) in [5, 5.41) is 2.80. The van der Waals surface area contributed by atoms with E-state index in [0.29, 0.717) is 24.0 Å². The highest BCUT2D eigenvalue weighted by Gasteiger charge is 2.09. The van der Waals surface area contributed by atoms with E-state index < -0.39 is 0 Å². The molecule has 0 aliphatic rings. The summed E-state index contributed by atoms with van der Waals surface area (Å²) in [6.45, 7) is 6.27. The Morgan fingerprint density at radius 2 is 1.72 bits per heavy atom. The molecule has 1 heterocycles. The molecule has 0 radical (unpaired) electrons. The molecular weight excluding hydrogens is 366 g/mol. The molecule has 0 saturated heterocycles. The number of amides is 1. The van der Waals surface area contributed by atoms with Gasteiger partial charge in [0.05, 0.1) is 0 Å². The van der Waals surface area contributed by atoms with Gasteiger partial charge >= 0.3 is 0 Å². The average molecular weight is 391 g/mol. The van der Waals surface area contributed by atoms with E-state index in [0.717, 1.165) is 17.0 Å². The highest BCUT2D eigenvalue weighted by atomic mass is 16.5. The van der Waals surface area contributed by atoms with Gasteiger partial charge in [-0.15, -0.1) is 0 Å². The SMILES string of the molecule is Cc1cc(OCC(=O)Nc2ccc(OCc3ccccc3)cc2)nc(C(C)C)n1. The fourth-order valence-electron chi connectivity index (χ4n) is 2.61. The third-order valence-corrected chi connectivity index (χ3v) is 4.10. The van der Waals surface area contributed by atoms with E-state index in [4.69, 9.17) is 9.47 Å². The lowest BCUT2D eigenvalue weighted by Gasteiger charge is -2.11. The van der Waals surface area contributed by atoms with Crippen molar-refractivity contribution in [2.75, 3.05) is 11.9 Å². The van der Waals surface area contributed by atoms with Gasteiger partial charge in [-0.05, 0) is 36.8 Å². The zero-order valence-electron chi connectivity index (χ0n) is 16.9. The van der Waals surface area contributed by atoms with E-state index in [9.17, 15) is 4.79 Å². The largest absolute Gasteiger partial charge is 0.489 e. The van der Waals surface area contributed by atoms with Crippen molar-refractivity contribution in [2.24, 2.45) is 0 Å². The Hall–Kier alpha value is -3.41. The molecular formula is C23H25N3O3. The zero-order chi connectivity index (χ0) is 20.6. The van der Waals surface area contributed by atoms with Crippen LogP contribution in [-0.2, 0) is 11.4 Å². The lowest BCUT2D eigenvalue weighted by molar-refractivity contribution is -0.118. The highest BCUT2D eigenvalue weighted by Crippen LogP contribution is 2.18. The second-order valence-corrected chi connectivity index (χ2v) is 7.00. The number of aryl methyl sites for hydroxylation is 1. The molecule has 0 unspecified atom stereocenters. The van der Waals surface area contributed by atoms with Crippen molar-refractivity contribution in [2.45, 2.75) is 33.3 Å². The topological polar surface area (TPSA) is 73.3 Å². The van der Waals surface area contributed by atoms with Gasteiger partial charge in [0.1, 0.15) is 18.2 Å². The normalized spacial score (nSPS) is 10.6. The molecule has 0 bridgehead atoms. The van der Waals surface area contributed by atoms with Crippen LogP contribution in [0.2, 0.25) is 0 Å². The summed E-state index contributed by atoms with van der Waals surface area (Å²) in [4.78, 5) is 20.9. The van der Waals surface area contributed by atoms with Crippen LogP contribution in [-0.4, -0.2) is 22.5 Å². The maximum atomic E-state index is 12.2. The molecule has 150 valence electrons. The van der Waals surface area contributed by atoms with Crippen LogP contribution in [0.4, 0.5) is 5.69 Å². The minimum Gasteiger partial charge on any atom is -0.489 e. The van der Waals surface area contributed by atoms with Gasteiger partial charge in [0.2, 0.25) is 5.88 Å². The second kappa shape index (κ2) is 9.68. The quantitative estimate of drug-likeness (QED) is 0.612. The van der Waals surface area contributed by atoms with Gasteiger partial charge in [-0.3, -0.25) is 4.79 Å². The van der Waals surface area contributed by atoms with Crippen molar-refractivity contribution >= 4 is 11.6 Å². The third kappa shape index (κ3) is 6.31. The summed E-state index contributed by atoms with van der Waals surface area (Å²) >= 11 is 0. The molecule has 0 fully saturated rings. The van der Waals surface area contributed by atoms with Crippen LogP contribution in [0.15, 0.2) is 60.7 Å². The molecule has 0 aliphatic heterocycles. The minimum atomic E-state index is -0.259. The van der Waals surface area contributed by atoms with E-state index in [2.05, 4.69) is 15.3 Å². The molecule has 6 heteroatoms. The van der Waals surface area contributed by atoms with E-state index in [-0.39, 0.29) is 18.4 Å². The molecule has 0 atom stereocenters. The number of hydrogen-bond acceptors (Lipinski definition) is 5. The predicted octanol–water partition coefficient (Wildman–Crippen LogP) is 4.50. The van der Waals surface area contributed by atoms with Crippen LogP contribution >= 0.6 is 0 Å². The first-order valence-electron chi connectivity index (χ1n) is 9.54. The molecule has 1 amide bonds. The van der Waals surface area contributed by atoms with E-state index in [1.807, 2.05) is 63.2 Å². The molecule has 1 aromatic heterocycles. The van der Waals surface area contributed by atoms with E-state index in [1.165, 1.54) is 0 Å². The first kappa shape index (κ1) is 20.3. The van der Waals surface area contributed by atoms with Gasteiger partial charge < -0.3 is 14.8 Å². The number of hydrogen-bond donors (Lipinski definition) is 1. The molecule has 6 nitrogen and oxygen atoms in total. The van der Waals surface area contributed by atoms with E-state index >= 15 is 0 Å². The van der Waals surface area contributed by atoms with Crippen LogP contribution in [0.3, 0.4) is 0 Å². The molecule has 2 aromatic carbocycles. The molecule has 0 aliphatic carbocycles. The standard InChI is InChI=1S/C23H25N3O3/c1-16(2)23-24-17(3)13-22(26-23)29-15-21(27)25-19-9-11-20(12-10-19)28-14-18-7-5-4-6-8-18/h4-13,16H,14-15H2,1-3H3,(H,25,27). The van der Waals surface area contributed by atoms with Gasteiger partial charge in [-0.25, -0.2) is 4.98 Å². The van der Waals surface area contributed by atoms with Crippen molar-refractivity contribution in [3.8, 4) is 11.6 Å². The predicted molar refractivity (Wildman–Crippen MR) is 112 cm³/mol. The number of carbonyl (C=O) groups excluding carboxylic acids is 1. The number of nitrogens with one attached hydrogen (secondary N) is 1. The maximum absolute atomic E-state index is 12.2. The Balaban J connectivity index is 1.49. The highest BCUT2D eigenvalue weighted by molar-refractivity contribution is 5.91. The van der Waals surface area contributed by atoms with Gasteiger partial charge in [-0.2, -0.15) is 4.98 Å². The first-order chi connectivity index (χ1) is 14.0. The molecule has 0 saturated carbocycles. The number of rotatable bonds is 8. The minimum absolute atomic E-state index is 0.125. The number of benzene rings is 2. The number of ether oxygens (including phenoxy) is 2. The van der Waals surface area contributed by atoms with E-state index in [1.54, 1.807) is 18.2 Å². The second-order valence-electron chi connectivity index (χ2n) is 7.00. The van der Waals surface area contributed by atoms with Gasteiger partial charge in [-0.1, -0.05) is 44.2 Å². The summed E-state index contributed by atoms with van der Waals surface area (Å²) < 4.78 is 11.3. The number of nitrogens with zero attached hydrogens (tertiary/aromatic N) is 2. The summed E-state index contributed by atoms with van der Waals surface area (Å²) in [6.07, 6.45) is 0. The molecule has 3 aromatic rings. The van der Waals surface area contributed by atoms with Crippen LogP contribution < -0.4 is 14.8 Å². The summed E-state index contributed by atoms with van der Waals surface area (Å²) in [5.74, 6) is 1.77. The number of aromatic nitrogens is 2. The first-order valence-corrected chi connectivity index (χ1v) is 9.54. The van der Waals surface area contributed by atoms with Crippen molar-refractivity contribution < 1.29 is 14.3 Å². The van der Waals surface area contributed by atoms with Gasteiger partial charge in [0, 0.05) is 23.4 Å². The zero-order valence-corrected chi connectivity index (χ0v) is 16.9. The fourth-order valence-corrected chi connectivity index (χ4v) is 2.61. The van der Waals surface area contributed by atoms with Gasteiger partial charge in [0.25, 0.3) is 5.91 Å². The van der Waals surface area contributed by atoms with Crippen LogP contribution in [0.5, 0.6) is 11.6 Å². The van der Waals surface area contributed by atoms with Crippen LogP contribution in [0.25, 0.3) is 0 Å². The summed E-state index contributed by atoms with van der Waals surface area (Å²) in [6, 6.07) is 18.9. The maximum Gasteiger partial charge on any atom is 0.262 e. The van der Waals surface area contributed by atoms with Crippen molar-refractivity contribution in [3.05, 3.63) is 77.7 Å². The summed E-state index contributed by atoms with van der Waals surface area (Å²) in [7, 11) is 0. The Bertz CT molecular complexity index is 941. The Morgan fingerprint density at radius 1 is 1.00 bits per heavy atom. The van der Waals surface area contributed by atoms with Crippen molar-refractivity contribution in [1.82, 2.24) is 9.97 Å². The number of anilines is 1. The Kier molecular flexibility index (Phi) is 6.79. The molecule has 29 heavy (non-hydrogen) atoms. The third-order valence-electron chi connectivity index (χ3n) is 4.10. The van der Waals surface area contributed by atoms with Crippen molar-refractivity contribution in [3.63, 3.8) is 0 Å². The molecule has 3 rings (SSSR count). The lowest BCUT2D eigenvalue weighted by atomic mass is 10.2. The Morgan fingerprint density at radius 3 is 2.41 bits per heavy atom. The van der Waals surface area contributed by atoms with Crippen molar-refractivity contribution in [1.29, 1.82) is 0 Å². The lowest BCUT2D eigenvalue weighted by Crippen LogP contribution is -2.20. The monoisotopic (exact) mass is 391 g/mol. The summed E-state index contributed by atoms with van der Waals surface area (Å²) in [5.41, 5.74) is 2.58. The number of carbonyl (C=O) groups is 1. The smallest absolute Gasteiger partial charge is 0.262 e. The molecule has 0 spiro atoms. The van der Waals surface area contributed by atoms with Gasteiger partial charge in [0.15, 0.2) is 6.61 Å². The fraction of sp³-hybridized carbons (Fsp3) is 0.261.